The molecule has 0 aromatic carbocycles. The van der Waals surface area contributed by atoms with Gasteiger partial charge < -0.3 is 10.2 Å². The van der Waals surface area contributed by atoms with E-state index in [0.29, 0.717) is 30.6 Å². The molecule has 0 aromatic rings. The molecule has 0 unspecified atom stereocenters. The molecule has 0 spiro atoms. The number of fused-ring (bicyclic) bond motifs is 3. The van der Waals surface area contributed by atoms with Gasteiger partial charge in [0.05, 0.1) is 12.2 Å². The average molecular weight is 306 g/mol. The Labute approximate surface area is 133 Å². The van der Waals surface area contributed by atoms with Crippen molar-refractivity contribution in [2.24, 2.45) is 23.2 Å². The molecule has 3 aliphatic rings. The first-order valence-corrected chi connectivity index (χ1v) is 8.96. The van der Waals surface area contributed by atoms with E-state index in [1.54, 1.807) is 0 Å². The summed E-state index contributed by atoms with van der Waals surface area (Å²) in [5.74, 6) is 1.80. The Bertz CT molecular complexity index is 469. The predicted molar refractivity (Wildman–Crippen MR) is 86.3 cm³/mol. The van der Waals surface area contributed by atoms with Crippen molar-refractivity contribution in [3.05, 3.63) is 11.6 Å². The normalized spacial score (nSPS) is 49.0. The number of hydrogen-bond acceptors (Lipinski definition) is 3. The van der Waals surface area contributed by atoms with Gasteiger partial charge in [-0.25, -0.2) is 0 Å². The second-order valence-electron chi connectivity index (χ2n) is 8.14. The highest BCUT2D eigenvalue weighted by Crippen LogP contribution is 2.58. The van der Waals surface area contributed by atoms with E-state index in [4.69, 9.17) is 0 Å². The first-order chi connectivity index (χ1) is 10.4. The van der Waals surface area contributed by atoms with Gasteiger partial charge in [0.2, 0.25) is 0 Å². The molecule has 2 fully saturated rings. The number of aliphatic hydroxyl groups excluding tert-OH is 2. The van der Waals surface area contributed by atoms with Gasteiger partial charge in [-0.2, -0.15) is 0 Å². The molecule has 22 heavy (non-hydrogen) atoms. The fourth-order valence-electron chi connectivity index (χ4n) is 5.49. The summed E-state index contributed by atoms with van der Waals surface area (Å²) in [5, 5.41) is 20.6. The molecule has 3 nitrogen and oxygen atoms in total. The zero-order valence-electron chi connectivity index (χ0n) is 13.9. The van der Waals surface area contributed by atoms with Crippen LogP contribution in [0.3, 0.4) is 0 Å². The number of carbonyl (C=O) groups excluding carboxylic acids is 1. The molecule has 0 aliphatic heterocycles. The van der Waals surface area contributed by atoms with Crippen molar-refractivity contribution in [3.63, 3.8) is 0 Å². The van der Waals surface area contributed by atoms with Gasteiger partial charge in [-0.15, -0.1) is 0 Å². The Kier molecular flexibility index (Phi) is 4.48. The first-order valence-electron chi connectivity index (χ1n) is 8.96. The highest BCUT2D eigenvalue weighted by molar-refractivity contribution is 5.80. The van der Waals surface area contributed by atoms with Gasteiger partial charge >= 0.3 is 0 Å². The van der Waals surface area contributed by atoms with Gasteiger partial charge in [-0.1, -0.05) is 18.6 Å². The number of hydrogen-bond donors (Lipinski definition) is 2. The SMILES string of the molecule is C/C1=C\CC(=O)C[C@@H](O)CC[C@@H]2[C@@H]1CC[C@]1(C)[C@@H](O)CC[C@@H]21. The Morgan fingerprint density at radius 2 is 1.91 bits per heavy atom. The van der Waals surface area contributed by atoms with Gasteiger partial charge in [0.1, 0.15) is 5.78 Å². The Morgan fingerprint density at radius 3 is 2.68 bits per heavy atom. The van der Waals surface area contributed by atoms with Crippen LogP contribution in [0.15, 0.2) is 11.6 Å². The zero-order chi connectivity index (χ0) is 15.9. The van der Waals surface area contributed by atoms with E-state index in [1.807, 2.05) is 0 Å². The standard InChI is InChI=1S/C19H30O3/c1-12-3-4-13(20)11-14(21)5-6-16-15(12)9-10-19(2)17(16)7-8-18(19)22/h3,14-18,21-22H,4-11H2,1-2H3/b12-3+/t14-,15+,16+,17-,18-,19-/m0/s1. The second kappa shape index (κ2) is 6.09. The lowest BCUT2D eigenvalue weighted by atomic mass is 9.57. The van der Waals surface area contributed by atoms with Crippen LogP contribution < -0.4 is 0 Å². The summed E-state index contributed by atoms with van der Waals surface area (Å²) in [6, 6.07) is 0. The maximum Gasteiger partial charge on any atom is 0.139 e. The third-order valence-electron chi connectivity index (χ3n) is 6.92. The van der Waals surface area contributed by atoms with Gasteiger partial charge in [0.15, 0.2) is 0 Å². The highest BCUT2D eigenvalue weighted by atomic mass is 16.3. The molecule has 0 bridgehead atoms. The maximum atomic E-state index is 11.9. The molecule has 2 N–H and O–H groups in total. The Balaban J connectivity index is 1.88. The van der Waals surface area contributed by atoms with Crippen molar-refractivity contribution in [1.82, 2.24) is 0 Å². The third-order valence-corrected chi connectivity index (χ3v) is 6.92. The van der Waals surface area contributed by atoms with Crippen LogP contribution in [0.5, 0.6) is 0 Å². The molecular weight excluding hydrogens is 276 g/mol. The predicted octanol–water partition coefficient (Wildman–Crippen LogP) is 3.24. The molecule has 0 saturated heterocycles. The molecule has 3 rings (SSSR count). The fraction of sp³-hybridized carbons (Fsp3) is 0.842. The van der Waals surface area contributed by atoms with E-state index >= 15 is 0 Å². The van der Waals surface area contributed by atoms with Crippen LogP contribution in [-0.4, -0.2) is 28.2 Å². The molecule has 0 heterocycles. The lowest BCUT2D eigenvalue weighted by molar-refractivity contribution is -0.120. The lowest BCUT2D eigenvalue weighted by Crippen LogP contribution is -2.44. The molecule has 0 radical (unpaired) electrons. The highest BCUT2D eigenvalue weighted by Gasteiger charge is 2.53. The van der Waals surface area contributed by atoms with E-state index in [1.165, 1.54) is 5.57 Å². The van der Waals surface area contributed by atoms with Crippen molar-refractivity contribution >= 4 is 5.78 Å². The van der Waals surface area contributed by atoms with Crippen molar-refractivity contribution in [2.45, 2.75) is 77.4 Å². The van der Waals surface area contributed by atoms with E-state index in [0.717, 1.165) is 38.5 Å². The van der Waals surface area contributed by atoms with Crippen LogP contribution in [-0.2, 0) is 4.79 Å². The monoisotopic (exact) mass is 306 g/mol. The van der Waals surface area contributed by atoms with Crippen LogP contribution in [0.4, 0.5) is 0 Å². The molecule has 3 aliphatic carbocycles. The molecule has 0 amide bonds. The number of ketones is 1. The summed E-state index contributed by atoms with van der Waals surface area (Å²) in [6.45, 7) is 4.44. The van der Waals surface area contributed by atoms with Gasteiger partial charge in [0, 0.05) is 12.8 Å². The molecule has 6 atom stereocenters. The van der Waals surface area contributed by atoms with Gasteiger partial charge in [0.25, 0.3) is 0 Å². The van der Waals surface area contributed by atoms with Crippen molar-refractivity contribution in [3.8, 4) is 0 Å². The summed E-state index contributed by atoms with van der Waals surface area (Å²) >= 11 is 0. The van der Waals surface area contributed by atoms with E-state index < -0.39 is 6.10 Å². The summed E-state index contributed by atoms with van der Waals surface area (Å²) in [5.41, 5.74) is 1.42. The smallest absolute Gasteiger partial charge is 0.139 e. The van der Waals surface area contributed by atoms with E-state index in [2.05, 4.69) is 19.9 Å². The van der Waals surface area contributed by atoms with Gasteiger partial charge in [-0.05, 0) is 68.6 Å². The van der Waals surface area contributed by atoms with E-state index in [9.17, 15) is 15.0 Å². The molecular formula is C19H30O3. The minimum Gasteiger partial charge on any atom is -0.393 e. The number of Topliss-reactive ketones (excluding diaryl/α,β-unsaturated/α-hetero) is 1. The minimum absolute atomic E-state index is 0.0618. The van der Waals surface area contributed by atoms with Crippen molar-refractivity contribution in [2.75, 3.05) is 0 Å². The quantitative estimate of drug-likeness (QED) is 0.676. The Morgan fingerprint density at radius 1 is 1.14 bits per heavy atom. The zero-order valence-corrected chi connectivity index (χ0v) is 13.9. The average Bonchev–Trinajstić information content (AvgIpc) is 2.77. The maximum absolute atomic E-state index is 11.9. The van der Waals surface area contributed by atoms with Crippen LogP contribution in [0.2, 0.25) is 0 Å². The fourth-order valence-corrected chi connectivity index (χ4v) is 5.49. The number of rotatable bonds is 0. The molecule has 2 saturated carbocycles. The first kappa shape index (κ1) is 16.2. The molecule has 3 heteroatoms. The van der Waals surface area contributed by atoms with Crippen LogP contribution in [0.25, 0.3) is 0 Å². The number of aliphatic hydroxyl groups is 2. The summed E-state index contributed by atoms with van der Waals surface area (Å²) in [4.78, 5) is 11.9. The van der Waals surface area contributed by atoms with E-state index in [-0.39, 0.29) is 17.3 Å². The second-order valence-corrected chi connectivity index (χ2v) is 8.14. The Hall–Kier alpha value is -0.670. The van der Waals surface area contributed by atoms with Crippen LogP contribution in [0.1, 0.15) is 65.2 Å². The molecule has 0 aromatic heterocycles. The van der Waals surface area contributed by atoms with Crippen LogP contribution in [0, 0.1) is 23.2 Å². The topological polar surface area (TPSA) is 57.5 Å². The summed E-state index contributed by atoms with van der Waals surface area (Å²) < 4.78 is 0. The van der Waals surface area contributed by atoms with Crippen molar-refractivity contribution in [1.29, 1.82) is 0 Å². The van der Waals surface area contributed by atoms with Crippen molar-refractivity contribution < 1.29 is 15.0 Å². The number of allylic oxidation sites excluding steroid dienone is 2. The largest absolute Gasteiger partial charge is 0.393 e. The summed E-state index contributed by atoms with van der Waals surface area (Å²) in [6.07, 6.45) is 8.16. The molecule has 124 valence electrons. The third kappa shape index (κ3) is 2.78. The van der Waals surface area contributed by atoms with Crippen LogP contribution >= 0.6 is 0 Å². The lowest BCUT2D eigenvalue weighted by Gasteiger charge is -2.48. The minimum atomic E-state index is -0.487. The summed E-state index contributed by atoms with van der Waals surface area (Å²) in [7, 11) is 0. The number of carbonyl (C=O) groups is 1. The van der Waals surface area contributed by atoms with Gasteiger partial charge in [-0.3, -0.25) is 4.79 Å².